The van der Waals surface area contributed by atoms with Gasteiger partial charge in [-0.3, -0.25) is 9.63 Å². The van der Waals surface area contributed by atoms with Crippen LogP contribution in [0.4, 0.5) is 10.7 Å². The van der Waals surface area contributed by atoms with Crippen molar-refractivity contribution < 1.29 is 19.2 Å². The first kappa shape index (κ1) is 25.8. The van der Waals surface area contributed by atoms with Crippen LogP contribution in [-0.2, 0) is 26.5 Å². The average molecular weight is 514 g/mol. The Bertz CT molecular complexity index is 1250. The maximum absolute atomic E-state index is 12.5. The zero-order chi connectivity index (χ0) is 25.9. The second-order valence-electron chi connectivity index (χ2n) is 10.1. The molecule has 1 atom stereocenters. The molecule has 1 aromatic heterocycles. The van der Waals surface area contributed by atoms with Crippen LogP contribution in [0.1, 0.15) is 45.2 Å². The number of aromatic nitrogens is 2. The highest BCUT2D eigenvalue weighted by Gasteiger charge is 2.32. The average Bonchev–Trinajstić information content (AvgIpc) is 3.50. The number of hydroxylamine groups is 2. The van der Waals surface area contributed by atoms with Gasteiger partial charge in [-0.2, -0.15) is 0 Å². The Morgan fingerprint density at radius 1 is 1.19 bits per heavy atom. The van der Waals surface area contributed by atoms with E-state index in [0.29, 0.717) is 30.7 Å². The summed E-state index contributed by atoms with van der Waals surface area (Å²) in [5, 5.41) is 8.22. The Labute approximate surface area is 215 Å². The summed E-state index contributed by atoms with van der Waals surface area (Å²) in [5.41, 5.74) is 1.80. The molecule has 4 rings (SSSR count). The van der Waals surface area contributed by atoms with Gasteiger partial charge in [-0.25, -0.2) is 14.8 Å². The van der Waals surface area contributed by atoms with Crippen LogP contribution in [0.15, 0.2) is 42.5 Å². The minimum absolute atomic E-state index is 0.0687. The number of anilines is 1. The van der Waals surface area contributed by atoms with E-state index < -0.39 is 11.0 Å². The fraction of sp³-hybridized carbons (Fsp3) is 0.423. The van der Waals surface area contributed by atoms with Gasteiger partial charge < -0.3 is 20.4 Å². The summed E-state index contributed by atoms with van der Waals surface area (Å²) in [6, 6.07) is 12.9. The first-order chi connectivity index (χ1) is 17.0. The van der Waals surface area contributed by atoms with Crippen LogP contribution >= 0.6 is 11.6 Å². The van der Waals surface area contributed by atoms with Gasteiger partial charge in [0.05, 0.1) is 35.1 Å². The van der Waals surface area contributed by atoms with Gasteiger partial charge in [0, 0.05) is 11.6 Å². The SMILES string of the molecule is CC(C)(C)C(=O)OCC(C)(Nc1nc2cccc(CNC(=O)N3CCCO3)c2[nH]1)c1cccc(Cl)c1. The van der Waals surface area contributed by atoms with E-state index in [1.165, 1.54) is 5.06 Å². The van der Waals surface area contributed by atoms with Crippen molar-refractivity contribution in [2.45, 2.75) is 46.2 Å². The largest absolute Gasteiger partial charge is 0.462 e. The number of nitrogens with zero attached hydrogens (tertiary/aromatic N) is 2. The molecule has 10 heteroatoms. The number of imidazole rings is 1. The molecule has 3 aromatic rings. The van der Waals surface area contributed by atoms with E-state index >= 15 is 0 Å². The number of amides is 2. The number of hydrogen-bond acceptors (Lipinski definition) is 6. The number of carbonyl (C=O) groups excluding carboxylic acids is 2. The second-order valence-corrected chi connectivity index (χ2v) is 10.6. The number of benzene rings is 2. The number of rotatable bonds is 7. The van der Waals surface area contributed by atoms with Crippen molar-refractivity contribution in [3.05, 3.63) is 58.6 Å². The molecule has 1 aliphatic heterocycles. The normalized spacial score (nSPS) is 15.5. The molecule has 0 spiro atoms. The van der Waals surface area contributed by atoms with Gasteiger partial charge in [0.15, 0.2) is 0 Å². The first-order valence-electron chi connectivity index (χ1n) is 11.9. The zero-order valence-electron chi connectivity index (χ0n) is 21.0. The third-order valence-electron chi connectivity index (χ3n) is 5.97. The van der Waals surface area contributed by atoms with E-state index in [0.717, 1.165) is 28.6 Å². The summed E-state index contributed by atoms with van der Waals surface area (Å²) in [7, 11) is 0. The highest BCUT2D eigenvalue weighted by Crippen LogP contribution is 2.30. The van der Waals surface area contributed by atoms with Crippen LogP contribution in [0.25, 0.3) is 11.0 Å². The Morgan fingerprint density at radius 3 is 2.67 bits per heavy atom. The van der Waals surface area contributed by atoms with E-state index in [1.54, 1.807) is 6.07 Å². The van der Waals surface area contributed by atoms with Crippen molar-refractivity contribution >= 4 is 40.6 Å². The number of carbonyl (C=O) groups is 2. The number of urea groups is 1. The molecular formula is C26H32ClN5O4. The Hall–Kier alpha value is -3.30. The third kappa shape index (κ3) is 5.91. The molecular weight excluding hydrogens is 482 g/mol. The Kier molecular flexibility index (Phi) is 7.42. The lowest BCUT2D eigenvalue weighted by Crippen LogP contribution is -2.39. The fourth-order valence-corrected chi connectivity index (χ4v) is 4.07. The summed E-state index contributed by atoms with van der Waals surface area (Å²) in [6.45, 7) is 8.88. The minimum atomic E-state index is -0.818. The number of hydrogen-bond donors (Lipinski definition) is 3. The molecule has 1 saturated heterocycles. The van der Waals surface area contributed by atoms with E-state index in [2.05, 4.69) is 15.6 Å². The van der Waals surface area contributed by atoms with E-state index in [-0.39, 0.29) is 18.6 Å². The summed E-state index contributed by atoms with van der Waals surface area (Å²) in [4.78, 5) is 38.2. The predicted octanol–water partition coefficient (Wildman–Crippen LogP) is 4.98. The van der Waals surface area contributed by atoms with E-state index in [4.69, 9.17) is 26.2 Å². The van der Waals surface area contributed by atoms with Crippen LogP contribution in [0, 0.1) is 5.41 Å². The van der Waals surface area contributed by atoms with Crippen LogP contribution < -0.4 is 10.6 Å². The molecule has 2 heterocycles. The molecule has 0 bridgehead atoms. The monoisotopic (exact) mass is 513 g/mol. The van der Waals surface area contributed by atoms with Gasteiger partial charge in [-0.05, 0) is 63.4 Å². The molecule has 9 nitrogen and oxygen atoms in total. The lowest BCUT2D eigenvalue weighted by molar-refractivity contribution is -0.154. The van der Waals surface area contributed by atoms with Crippen molar-refractivity contribution in [1.29, 1.82) is 0 Å². The molecule has 3 N–H and O–H groups in total. The first-order valence-corrected chi connectivity index (χ1v) is 12.3. The lowest BCUT2D eigenvalue weighted by Gasteiger charge is -2.32. The van der Waals surface area contributed by atoms with Gasteiger partial charge in [-0.1, -0.05) is 35.9 Å². The van der Waals surface area contributed by atoms with E-state index in [9.17, 15) is 9.59 Å². The number of esters is 1. The molecule has 1 unspecified atom stereocenters. The predicted molar refractivity (Wildman–Crippen MR) is 138 cm³/mol. The Morgan fingerprint density at radius 2 is 1.97 bits per heavy atom. The topological polar surface area (TPSA) is 109 Å². The molecule has 2 aromatic carbocycles. The fourth-order valence-electron chi connectivity index (χ4n) is 3.88. The van der Waals surface area contributed by atoms with Crippen LogP contribution in [0.5, 0.6) is 0 Å². The van der Waals surface area contributed by atoms with Crippen LogP contribution in [0.2, 0.25) is 5.02 Å². The number of para-hydroxylation sites is 1. The van der Waals surface area contributed by atoms with E-state index in [1.807, 2.05) is 64.1 Å². The van der Waals surface area contributed by atoms with Gasteiger partial charge in [0.2, 0.25) is 5.95 Å². The quantitative estimate of drug-likeness (QED) is 0.384. The standard InChI is InChI=1S/C26H32ClN5O4/c1-25(2,3)22(33)35-16-26(4,18-9-6-10-19(27)14-18)31-23-29-20-11-5-8-17(21(20)30-23)15-28-24(34)32-12-7-13-36-32/h5-6,8-11,14H,7,12-13,15-16H2,1-4H3,(H,28,34)(H2,29,30,31). The van der Waals surface area contributed by atoms with Crippen molar-refractivity contribution in [3.8, 4) is 0 Å². The number of fused-ring (bicyclic) bond motifs is 1. The van der Waals surface area contributed by atoms with Gasteiger partial charge in [0.25, 0.3) is 0 Å². The molecule has 0 saturated carbocycles. The smallest absolute Gasteiger partial charge is 0.341 e. The third-order valence-corrected chi connectivity index (χ3v) is 6.21. The number of nitrogens with one attached hydrogen (secondary N) is 3. The molecule has 2 amide bonds. The molecule has 1 aliphatic rings. The van der Waals surface area contributed by atoms with Gasteiger partial charge in [0.1, 0.15) is 6.61 Å². The molecule has 36 heavy (non-hydrogen) atoms. The second kappa shape index (κ2) is 10.4. The van der Waals surface area contributed by atoms with Crippen molar-refractivity contribution in [2.75, 3.05) is 25.1 Å². The molecule has 1 fully saturated rings. The summed E-state index contributed by atoms with van der Waals surface area (Å²) >= 11 is 6.28. The number of halogens is 1. The van der Waals surface area contributed by atoms with Crippen molar-refractivity contribution in [1.82, 2.24) is 20.3 Å². The maximum Gasteiger partial charge on any atom is 0.341 e. The molecule has 192 valence electrons. The highest BCUT2D eigenvalue weighted by molar-refractivity contribution is 6.30. The van der Waals surface area contributed by atoms with Gasteiger partial charge in [-0.15, -0.1) is 0 Å². The van der Waals surface area contributed by atoms with Crippen molar-refractivity contribution in [3.63, 3.8) is 0 Å². The van der Waals surface area contributed by atoms with Crippen molar-refractivity contribution in [2.24, 2.45) is 5.41 Å². The summed E-state index contributed by atoms with van der Waals surface area (Å²) < 4.78 is 5.70. The number of ether oxygens (including phenoxy) is 1. The summed E-state index contributed by atoms with van der Waals surface area (Å²) in [6.07, 6.45) is 0.828. The molecule has 0 aliphatic carbocycles. The van der Waals surface area contributed by atoms with Gasteiger partial charge >= 0.3 is 12.0 Å². The number of H-pyrrole nitrogens is 1. The lowest BCUT2D eigenvalue weighted by atomic mass is 9.92. The minimum Gasteiger partial charge on any atom is -0.462 e. The Balaban J connectivity index is 1.57. The van der Waals surface area contributed by atoms with Crippen LogP contribution in [-0.4, -0.2) is 46.8 Å². The molecule has 0 radical (unpaired) electrons. The maximum atomic E-state index is 12.5. The number of aromatic amines is 1. The van der Waals surface area contributed by atoms with Crippen LogP contribution in [0.3, 0.4) is 0 Å². The summed E-state index contributed by atoms with van der Waals surface area (Å²) in [5.74, 6) is 0.197. The highest BCUT2D eigenvalue weighted by atomic mass is 35.5. The zero-order valence-corrected chi connectivity index (χ0v) is 21.7.